The molecule has 2 N–H and O–H groups in total. The van der Waals surface area contributed by atoms with Crippen molar-refractivity contribution in [3.63, 3.8) is 0 Å². The average Bonchev–Trinajstić information content (AvgIpc) is 2.86. The first kappa shape index (κ1) is 28.5. The zero-order valence-corrected chi connectivity index (χ0v) is 22.7. The SMILES string of the molecule is COCCCNC(=O)c1ccccc1NC(=O)c1ccc(N(Cc2c(Cl)cccc2Cl)S(C)(=O)=O)cc1. The number of para-hydroxylation sites is 1. The van der Waals surface area contributed by atoms with Crippen LogP contribution in [0.2, 0.25) is 10.0 Å². The van der Waals surface area contributed by atoms with Crippen molar-refractivity contribution in [2.45, 2.75) is 13.0 Å². The summed E-state index contributed by atoms with van der Waals surface area (Å²) in [5.74, 6) is -0.768. The molecule has 3 aromatic rings. The van der Waals surface area contributed by atoms with E-state index in [4.69, 9.17) is 27.9 Å². The lowest BCUT2D eigenvalue weighted by Gasteiger charge is -2.23. The second kappa shape index (κ2) is 12.9. The summed E-state index contributed by atoms with van der Waals surface area (Å²) in [5.41, 5.74) is 1.76. The molecule has 0 aromatic heterocycles. The summed E-state index contributed by atoms with van der Waals surface area (Å²) < 4.78 is 31.2. The third-order valence-corrected chi connectivity index (χ3v) is 7.26. The van der Waals surface area contributed by atoms with Crippen LogP contribution < -0.4 is 14.9 Å². The Morgan fingerprint density at radius 1 is 0.919 bits per heavy atom. The molecule has 11 heteroatoms. The van der Waals surface area contributed by atoms with E-state index in [2.05, 4.69) is 10.6 Å². The number of nitrogens with one attached hydrogen (secondary N) is 2. The van der Waals surface area contributed by atoms with Crippen LogP contribution in [0.5, 0.6) is 0 Å². The number of hydrogen-bond acceptors (Lipinski definition) is 5. The molecule has 0 unspecified atom stereocenters. The van der Waals surface area contributed by atoms with E-state index < -0.39 is 15.9 Å². The second-order valence-corrected chi connectivity index (χ2v) is 10.8. The van der Waals surface area contributed by atoms with Crippen molar-refractivity contribution in [3.8, 4) is 0 Å². The maximum absolute atomic E-state index is 12.9. The van der Waals surface area contributed by atoms with E-state index in [1.54, 1.807) is 49.6 Å². The van der Waals surface area contributed by atoms with E-state index in [0.717, 1.165) is 10.6 Å². The summed E-state index contributed by atoms with van der Waals surface area (Å²) in [7, 11) is -2.11. The highest BCUT2D eigenvalue weighted by atomic mass is 35.5. The van der Waals surface area contributed by atoms with Crippen LogP contribution in [-0.4, -0.2) is 46.7 Å². The number of halogens is 2. The quantitative estimate of drug-likeness (QED) is 0.320. The first-order valence-electron chi connectivity index (χ1n) is 11.3. The Morgan fingerprint density at radius 3 is 2.19 bits per heavy atom. The molecule has 0 fully saturated rings. The molecule has 0 atom stereocenters. The smallest absolute Gasteiger partial charge is 0.255 e. The number of nitrogens with zero attached hydrogens (tertiary/aromatic N) is 1. The minimum Gasteiger partial charge on any atom is -0.385 e. The molecule has 0 saturated heterocycles. The summed E-state index contributed by atoms with van der Waals surface area (Å²) in [4.78, 5) is 25.5. The fourth-order valence-corrected chi connectivity index (χ4v) is 4.89. The van der Waals surface area contributed by atoms with Gasteiger partial charge in [0, 0.05) is 41.4 Å². The maximum atomic E-state index is 12.9. The summed E-state index contributed by atoms with van der Waals surface area (Å²) in [6.45, 7) is 0.888. The van der Waals surface area contributed by atoms with Gasteiger partial charge in [-0.15, -0.1) is 0 Å². The minimum atomic E-state index is -3.69. The molecule has 0 bridgehead atoms. The van der Waals surface area contributed by atoms with Gasteiger partial charge in [-0.2, -0.15) is 0 Å². The molecule has 0 aliphatic heterocycles. The van der Waals surface area contributed by atoms with Crippen LogP contribution in [-0.2, 0) is 21.3 Å². The molecular formula is C26H27Cl2N3O5S. The molecule has 0 aliphatic carbocycles. The molecule has 0 radical (unpaired) electrons. The van der Waals surface area contributed by atoms with Gasteiger partial charge in [-0.3, -0.25) is 13.9 Å². The fourth-order valence-electron chi connectivity index (χ4n) is 3.50. The molecule has 3 rings (SSSR count). The lowest BCUT2D eigenvalue weighted by molar-refractivity contribution is 0.0949. The molecule has 0 heterocycles. The molecule has 8 nitrogen and oxygen atoms in total. The highest BCUT2D eigenvalue weighted by Crippen LogP contribution is 2.29. The summed E-state index contributed by atoms with van der Waals surface area (Å²) in [5, 5.41) is 6.24. The van der Waals surface area contributed by atoms with Crippen LogP contribution in [0.1, 0.15) is 32.7 Å². The van der Waals surface area contributed by atoms with E-state index in [-0.39, 0.29) is 18.0 Å². The monoisotopic (exact) mass is 563 g/mol. The van der Waals surface area contributed by atoms with Crippen molar-refractivity contribution >= 4 is 56.4 Å². The zero-order chi connectivity index (χ0) is 27.0. The van der Waals surface area contributed by atoms with Crippen LogP contribution in [0.15, 0.2) is 66.7 Å². The van der Waals surface area contributed by atoms with Gasteiger partial charge in [0.2, 0.25) is 10.0 Å². The fraction of sp³-hybridized carbons (Fsp3) is 0.231. The van der Waals surface area contributed by atoms with Crippen molar-refractivity contribution < 1.29 is 22.7 Å². The Hall–Kier alpha value is -3.11. The molecule has 0 aliphatic rings. The number of methoxy groups -OCH3 is 1. The Bertz CT molecular complexity index is 1340. The minimum absolute atomic E-state index is 0.0737. The Labute approximate surface area is 226 Å². The van der Waals surface area contributed by atoms with Crippen LogP contribution >= 0.6 is 23.2 Å². The molecule has 37 heavy (non-hydrogen) atoms. The van der Waals surface area contributed by atoms with E-state index in [1.807, 2.05) is 0 Å². The lowest BCUT2D eigenvalue weighted by atomic mass is 10.1. The number of benzene rings is 3. The average molecular weight is 564 g/mol. The van der Waals surface area contributed by atoms with Crippen molar-refractivity contribution in [2.24, 2.45) is 0 Å². The number of amides is 2. The van der Waals surface area contributed by atoms with E-state index in [1.165, 1.54) is 24.3 Å². The van der Waals surface area contributed by atoms with Gasteiger partial charge in [-0.1, -0.05) is 41.4 Å². The van der Waals surface area contributed by atoms with Gasteiger partial charge in [0.05, 0.1) is 29.7 Å². The number of carbonyl (C=O) groups excluding carboxylic acids is 2. The number of sulfonamides is 1. The molecule has 2 amide bonds. The lowest BCUT2D eigenvalue weighted by Crippen LogP contribution is -2.29. The van der Waals surface area contributed by atoms with Gasteiger partial charge < -0.3 is 15.4 Å². The van der Waals surface area contributed by atoms with Crippen molar-refractivity contribution in [2.75, 3.05) is 36.1 Å². The third kappa shape index (κ3) is 7.69. The van der Waals surface area contributed by atoms with E-state index in [9.17, 15) is 18.0 Å². The molecule has 3 aromatic carbocycles. The van der Waals surface area contributed by atoms with Gasteiger partial charge in [0.15, 0.2) is 0 Å². The topological polar surface area (TPSA) is 105 Å². The molecule has 196 valence electrons. The number of anilines is 2. The third-order valence-electron chi connectivity index (χ3n) is 5.41. The zero-order valence-electron chi connectivity index (χ0n) is 20.3. The largest absolute Gasteiger partial charge is 0.385 e. The predicted molar refractivity (Wildman–Crippen MR) is 147 cm³/mol. The van der Waals surface area contributed by atoms with Gasteiger partial charge in [0.1, 0.15) is 0 Å². The summed E-state index contributed by atoms with van der Waals surface area (Å²) >= 11 is 12.5. The Morgan fingerprint density at radius 2 is 1.57 bits per heavy atom. The Balaban J connectivity index is 1.77. The molecule has 0 saturated carbocycles. The van der Waals surface area contributed by atoms with Crippen LogP contribution in [0, 0.1) is 0 Å². The van der Waals surface area contributed by atoms with Gasteiger partial charge in [-0.05, 0) is 55.0 Å². The highest BCUT2D eigenvalue weighted by Gasteiger charge is 2.21. The van der Waals surface area contributed by atoms with E-state index in [0.29, 0.717) is 52.1 Å². The Kier molecular flexibility index (Phi) is 9.93. The number of ether oxygens (including phenoxy) is 1. The standard InChI is InChI=1S/C26H27Cl2N3O5S/c1-36-16-6-15-29-26(33)20-7-3-4-10-24(20)30-25(32)18-11-13-19(14-12-18)31(37(2,34)35)17-21-22(27)8-5-9-23(21)28/h3-5,7-14H,6,15-17H2,1-2H3,(H,29,33)(H,30,32). The van der Waals surface area contributed by atoms with Crippen molar-refractivity contribution in [1.82, 2.24) is 5.32 Å². The number of carbonyl (C=O) groups is 2. The summed E-state index contributed by atoms with van der Waals surface area (Å²) in [6.07, 6.45) is 1.74. The maximum Gasteiger partial charge on any atom is 0.255 e. The van der Waals surface area contributed by atoms with Gasteiger partial charge in [-0.25, -0.2) is 8.42 Å². The van der Waals surface area contributed by atoms with Crippen molar-refractivity contribution in [1.29, 1.82) is 0 Å². The highest BCUT2D eigenvalue weighted by molar-refractivity contribution is 7.92. The number of rotatable bonds is 11. The van der Waals surface area contributed by atoms with Crippen LogP contribution in [0.25, 0.3) is 0 Å². The van der Waals surface area contributed by atoms with Crippen LogP contribution in [0.3, 0.4) is 0 Å². The van der Waals surface area contributed by atoms with Crippen LogP contribution in [0.4, 0.5) is 11.4 Å². The second-order valence-electron chi connectivity index (χ2n) is 8.12. The summed E-state index contributed by atoms with van der Waals surface area (Å²) in [6, 6.07) is 17.7. The van der Waals surface area contributed by atoms with Crippen molar-refractivity contribution in [3.05, 3.63) is 93.5 Å². The van der Waals surface area contributed by atoms with Gasteiger partial charge >= 0.3 is 0 Å². The molecular weight excluding hydrogens is 537 g/mol. The first-order valence-corrected chi connectivity index (χ1v) is 13.9. The molecule has 0 spiro atoms. The van der Waals surface area contributed by atoms with Gasteiger partial charge in [0.25, 0.3) is 11.8 Å². The normalized spacial score (nSPS) is 11.1. The number of hydrogen-bond donors (Lipinski definition) is 2. The first-order chi connectivity index (χ1) is 17.6. The van der Waals surface area contributed by atoms with E-state index >= 15 is 0 Å². The predicted octanol–water partition coefficient (Wildman–Crippen LogP) is 4.98.